The van der Waals surface area contributed by atoms with Crippen LogP contribution in [0.1, 0.15) is 51.2 Å². The van der Waals surface area contributed by atoms with E-state index < -0.39 is 6.10 Å². The predicted molar refractivity (Wildman–Crippen MR) is 85.5 cm³/mol. The molecular weight excluding hydrogens is 293 g/mol. The Morgan fingerprint density at radius 2 is 2.15 bits per heavy atom. The molecule has 1 saturated carbocycles. The molecule has 2 unspecified atom stereocenters. The van der Waals surface area contributed by atoms with Gasteiger partial charge >= 0.3 is 0 Å². The molecule has 20 heavy (non-hydrogen) atoms. The first-order valence-electron chi connectivity index (χ1n) is 7.24. The lowest BCUT2D eigenvalue weighted by atomic mass is 9.75. The normalized spacial score (nSPS) is 23.6. The van der Waals surface area contributed by atoms with Gasteiger partial charge < -0.3 is 10.4 Å². The Bertz CT molecular complexity index is 462. The van der Waals surface area contributed by atoms with Crippen molar-refractivity contribution in [2.24, 2.45) is 5.41 Å². The second-order valence-corrected chi connectivity index (χ2v) is 7.39. The predicted octanol–water partition coefficient (Wildman–Crippen LogP) is 4.59. The first kappa shape index (κ1) is 16.1. The summed E-state index contributed by atoms with van der Waals surface area (Å²) in [6, 6.07) is 5.68. The minimum Gasteiger partial charge on any atom is -0.387 e. The van der Waals surface area contributed by atoms with Gasteiger partial charge in [0, 0.05) is 28.2 Å². The van der Waals surface area contributed by atoms with Crippen molar-refractivity contribution >= 4 is 23.2 Å². The zero-order valence-electron chi connectivity index (χ0n) is 12.1. The van der Waals surface area contributed by atoms with E-state index in [0.717, 1.165) is 6.42 Å². The third-order valence-corrected chi connectivity index (χ3v) is 4.70. The van der Waals surface area contributed by atoms with E-state index in [2.05, 4.69) is 19.2 Å². The molecule has 1 aliphatic carbocycles. The van der Waals surface area contributed by atoms with Gasteiger partial charge in [-0.1, -0.05) is 43.5 Å². The number of nitrogens with one attached hydrogen (secondary N) is 1. The summed E-state index contributed by atoms with van der Waals surface area (Å²) in [4.78, 5) is 0. The summed E-state index contributed by atoms with van der Waals surface area (Å²) in [7, 11) is 0. The summed E-state index contributed by atoms with van der Waals surface area (Å²) in [6.07, 6.45) is 4.25. The molecule has 1 aromatic rings. The molecule has 2 rings (SSSR count). The van der Waals surface area contributed by atoms with E-state index in [1.54, 1.807) is 18.2 Å². The molecule has 0 heterocycles. The van der Waals surface area contributed by atoms with Crippen LogP contribution >= 0.6 is 23.2 Å². The minimum absolute atomic E-state index is 0.397. The van der Waals surface area contributed by atoms with Crippen LogP contribution in [0.5, 0.6) is 0 Å². The number of hydrogen-bond donors (Lipinski definition) is 2. The molecule has 1 aliphatic rings. The summed E-state index contributed by atoms with van der Waals surface area (Å²) in [5.41, 5.74) is 1.09. The Balaban J connectivity index is 1.92. The Kier molecular flexibility index (Phi) is 5.36. The van der Waals surface area contributed by atoms with Crippen molar-refractivity contribution < 1.29 is 5.11 Å². The van der Waals surface area contributed by atoms with E-state index >= 15 is 0 Å². The van der Waals surface area contributed by atoms with E-state index in [4.69, 9.17) is 23.2 Å². The quantitative estimate of drug-likeness (QED) is 0.852. The largest absolute Gasteiger partial charge is 0.387 e. The van der Waals surface area contributed by atoms with Crippen molar-refractivity contribution in [2.45, 2.75) is 51.7 Å². The average Bonchev–Trinajstić information content (AvgIpc) is 2.38. The Morgan fingerprint density at radius 3 is 2.85 bits per heavy atom. The van der Waals surface area contributed by atoms with Gasteiger partial charge in [0.1, 0.15) is 0 Å². The highest BCUT2D eigenvalue weighted by Crippen LogP contribution is 2.35. The summed E-state index contributed by atoms with van der Waals surface area (Å²) in [5.74, 6) is 0. The summed E-state index contributed by atoms with van der Waals surface area (Å²) in [5, 5.41) is 14.9. The lowest BCUT2D eigenvalue weighted by Crippen LogP contribution is -2.39. The van der Waals surface area contributed by atoms with Gasteiger partial charge in [-0.3, -0.25) is 0 Å². The Hall–Kier alpha value is -0.280. The molecule has 112 valence electrons. The van der Waals surface area contributed by atoms with Crippen LogP contribution in [0.4, 0.5) is 0 Å². The summed E-state index contributed by atoms with van der Waals surface area (Å²) >= 11 is 12.1. The van der Waals surface area contributed by atoms with Gasteiger partial charge in [-0.25, -0.2) is 0 Å². The van der Waals surface area contributed by atoms with Crippen LogP contribution < -0.4 is 5.32 Å². The molecule has 2 nitrogen and oxygen atoms in total. The first-order valence-corrected chi connectivity index (χ1v) is 7.99. The van der Waals surface area contributed by atoms with Gasteiger partial charge in [-0.05, 0) is 42.9 Å². The minimum atomic E-state index is -0.619. The van der Waals surface area contributed by atoms with Crippen LogP contribution in [0, 0.1) is 5.41 Å². The molecule has 2 atom stereocenters. The number of halogens is 2. The maximum Gasteiger partial charge on any atom is 0.0929 e. The zero-order chi connectivity index (χ0) is 14.8. The van der Waals surface area contributed by atoms with E-state index in [1.807, 2.05) is 0 Å². The maximum absolute atomic E-state index is 10.3. The van der Waals surface area contributed by atoms with Crippen LogP contribution in [0.2, 0.25) is 10.0 Å². The van der Waals surface area contributed by atoms with Crippen molar-refractivity contribution in [3.05, 3.63) is 33.8 Å². The average molecular weight is 316 g/mol. The van der Waals surface area contributed by atoms with Gasteiger partial charge in [0.25, 0.3) is 0 Å². The number of benzene rings is 1. The molecule has 0 bridgehead atoms. The van der Waals surface area contributed by atoms with Crippen LogP contribution in [0.3, 0.4) is 0 Å². The Morgan fingerprint density at radius 1 is 1.40 bits per heavy atom. The maximum atomic E-state index is 10.3. The lowest BCUT2D eigenvalue weighted by Gasteiger charge is -2.36. The fourth-order valence-electron chi connectivity index (χ4n) is 3.03. The highest BCUT2D eigenvalue weighted by atomic mass is 35.5. The van der Waals surface area contributed by atoms with E-state index in [9.17, 15) is 5.11 Å². The third-order valence-electron chi connectivity index (χ3n) is 4.12. The van der Waals surface area contributed by atoms with Gasteiger partial charge in [-0.2, -0.15) is 0 Å². The third kappa shape index (κ3) is 4.36. The molecule has 4 heteroatoms. The monoisotopic (exact) mass is 315 g/mol. The lowest BCUT2D eigenvalue weighted by molar-refractivity contribution is 0.147. The molecule has 0 spiro atoms. The first-order chi connectivity index (χ1) is 9.37. The van der Waals surface area contributed by atoms with Gasteiger partial charge in [0.15, 0.2) is 0 Å². The Labute approximate surface area is 131 Å². The zero-order valence-corrected chi connectivity index (χ0v) is 13.6. The number of rotatable bonds is 4. The molecular formula is C16H23Cl2NO. The van der Waals surface area contributed by atoms with Gasteiger partial charge in [0.2, 0.25) is 0 Å². The summed E-state index contributed by atoms with van der Waals surface area (Å²) < 4.78 is 0. The van der Waals surface area contributed by atoms with Gasteiger partial charge in [-0.15, -0.1) is 0 Å². The van der Waals surface area contributed by atoms with E-state index in [1.165, 1.54) is 19.3 Å². The highest BCUT2D eigenvalue weighted by Gasteiger charge is 2.28. The SMILES string of the molecule is CC1(C)CCCC(NCC(O)c2cc(Cl)ccc2Cl)C1. The number of aliphatic hydroxyl groups is 1. The molecule has 1 fully saturated rings. The highest BCUT2D eigenvalue weighted by molar-refractivity contribution is 6.33. The molecule has 0 aromatic heterocycles. The molecule has 0 radical (unpaired) electrons. The van der Waals surface area contributed by atoms with Crippen molar-refractivity contribution in [1.29, 1.82) is 0 Å². The molecule has 0 saturated heterocycles. The molecule has 2 N–H and O–H groups in total. The van der Waals surface area contributed by atoms with Crippen molar-refractivity contribution in [1.82, 2.24) is 5.32 Å². The van der Waals surface area contributed by atoms with Crippen molar-refractivity contribution in [3.63, 3.8) is 0 Å². The van der Waals surface area contributed by atoms with E-state index in [-0.39, 0.29) is 0 Å². The number of hydrogen-bond acceptors (Lipinski definition) is 2. The second kappa shape index (κ2) is 6.65. The van der Waals surface area contributed by atoms with Crippen LogP contribution in [0.15, 0.2) is 18.2 Å². The fraction of sp³-hybridized carbons (Fsp3) is 0.625. The van der Waals surface area contributed by atoms with Gasteiger partial charge in [0.05, 0.1) is 6.10 Å². The van der Waals surface area contributed by atoms with Crippen LogP contribution in [-0.4, -0.2) is 17.7 Å². The smallest absolute Gasteiger partial charge is 0.0929 e. The van der Waals surface area contributed by atoms with Crippen molar-refractivity contribution in [2.75, 3.05) is 6.54 Å². The standard InChI is InChI=1S/C16H23Cl2NO/c1-16(2)7-3-4-12(9-16)19-10-15(20)13-8-11(17)5-6-14(13)18/h5-6,8,12,15,19-20H,3-4,7,9-10H2,1-2H3. The number of aliphatic hydroxyl groups excluding tert-OH is 1. The second-order valence-electron chi connectivity index (χ2n) is 6.55. The topological polar surface area (TPSA) is 32.3 Å². The van der Waals surface area contributed by atoms with Crippen LogP contribution in [0.25, 0.3) is 0 Å². The van der Waals surface area contributed by atoms with Crippen molar-refractivity contribution in [3.8, 4) is 0 Å². The fourth-order valence-corrected chi connectivity index (χ4v) is 3.45. The van der Waals surface area contributed by atoms with Crippen LogP contribution in [-0.2, 0) is 0 Å². The molecule has 1 aromatic carbocycles. The molecule has 0 amide bonds. The molecule has 0 aliphatic heterocycles. The summed E-state index contributed by atoms with van der Waals surface area (Å²) in [6.45, 7) is 5.14. The van der Waals surface area contributed by atoms with E-state index in [0.29, 0.717) is 33.6 Å².